The zero-order valence-corrected chi connectivity index (χ0v) is 10.5. The van der Waals surface area contributed by atoms with Crippen LogP contribution in [0.15, 0.2) is 24.3 Å². The molecule has 2 atom stereocenters. The van der Waals surface area contributed by atoms with Crippen LogP contribution in [0.5, 0.6) is 0 Å². The Labute approximate surface area is 106 Å². The number of alkyl halides is 2. The molecule has 1 aromatic carbocycles. The second kappa shape index (κ2) is 3.34. The van der Waals surface area contributed by atoms with Gasteiger partial charge in [0, 0.05) is 6.42 Å². The van der Waals surface area contributed by atoms with Crippen molar-refractivity contribution in [2.45, 2.75) is 55.8 Å². The summed E-state index contributed by atoms with van der Waals surface area (Å²) in [5.74, 6) is -1.55. The maximum atomic E-state index is 14.3. The number of fused-ring (bicyclic) bond motifs is 1. The highest BCUT2D eigenvalue weighted by atomic mass is 19.3. The predicted molar refractivity (Wildman–Crippen MR) is 67.0 cm³/mol. The molecule has 0 aliphatic heterocycles. The molecule has 4 rings (SSSR count). The Bertz CT molecular complexity index is 472. The number of halogens is 2. The summed E-state index contributed by atoms with van der Waals surface area (Å²) in [6.07, 6.45) is 4.99. The Morgan fingerprint density at radius 2 is 1.72 bits per heavy atom. The highest BCUT2D eigenvalue weighted by Crippen LogP contribution is 2.68. The molecule has 2 heteroatoms. The van der Waals surface area contributed by atoms with Gasteiger partial charge < -0.3 is 0 Å². The first-order chi connectivity index (χ1) is 8.63. The smallest absolute Gasteiger partial charge is 0.206 e. The molecule has 3 aliphatic carbocycles. The van der Waals surface area contributed by atoms with Gasteiger partial charge >= 0.3 is 0 Å². The summed E-state index contributed by atoms with van der Waals surface area (Å²) in [5.41, 5.74) is 1.43. The summed E-state index contributed by atoms with van der Waals surface area (Å²) in [6.45, 7) is 0. The lowest BCUT2D eigenvalue weighted by Gasteiger charge is -2.32. The molecule has 3 fully saturated rings. The van der Waals surface area contributed by atoms with Crippen molar-refractivity contribution in [3.63, 3.8) is 0 Å². The van der Waals surface area contributed by atoms with Crippen LogP contribution < -0.4 is 0 Å². The Hall–Kier alpha value is -0.920. The molecule has 1 aromatic rings. The van der Waals surface area contributed by atoms with Gasteiger partial charge in [0.25, 0.3) is 5.92 Å². The molecular formula is C16H18F2. The van der Waals surface area contributed by atoms with Crippen LogP contribution in [0.3, 0.4) is 0 Å². The average Bonchev–Trinajstić information content (AvgIpc) is 3.23. The maximum Gasteiger partial charge on any atom is 0.257 e. The summed E-state index contributed by atoms with van der Waals surface area (Å²) >= 11 is 0. The van der Waals surface area contributed by atoms with Crippen molar-refractivity contribution >= 4 is 0 Å². The summed E-state index contributed by atoms with van der Waals surface area (Å²) in [5, 5.41) is 0. The van der Waals surface area contributed by atoms with E-state index in [9.17, 15) is 8.78 Å². The topological polar surface area (TPSA) is 0 Å². The minimum atomic E-state index is -2.49. The summed E-state index contributed by atoms with van der Waals surface area (Å²) in [4.78, 5) is 0. The Kier molecular flexibility index (Phi) is 2.03. The molecule has 0 amide bonds. The first-order valence-corrected chi connectivity index (χ1v) is 7.12. The van der Waals surface area contributed by atoms with Crippen molar-refractivity contribution in [1.82, 2.24) is 0 Å². The molecule has 2 unspecified atom stereocenters. The van der Waals surface area contributed by atoms with E-state index in [0.717, 1.165) is 12.0 Å². The van der Waals surface area contributed by atoms with Gasteiger partial charge in [-0.1, -0.05) is 24.3 Å². The number of benzene rings is 1. The molecule has 0 saturated heterocycles. The van der Waals surface area contributed by atoms with Gasteiger partial charge in [0.1, 0.15) is 0 Å². The Morgan fingerprint density at radius 3 is 2.33 bits per heavy atom. The molecule has 0 N–H and O–H groups in total. The monoisotopic (exact) mass is 248 g/mol. The lowest BCUT2D eigenvalue weighted by atomic mass is 9.79. The van der Waals surface area contributed by atoms with Crippen LogP contribution in [0.1, 0.15) is 55.6 Å². The lowest BCUT2D eigenvalue weighted by Crippen LogP contribution is -2.38. The minimum absolute atomic E-state index is 0.0773. The van der Waals surface area contributed by atoms with Crippen LogP contribution in [0.2, 0.25) is 0 Å². The zero-order valence-electron chi connectivity index (χ0n) is 10.5. The molecule has 0 heterocycles. The third-order valence-corrected chi connectivity index (χ3v) is 5.28. The van der Waals surface area contributed by atoms with Crippen molar-refractivity contribution in [2.75, 3.05) is 0 Å². The van der Waals surface area contributed by atoms with E-state index in [1.165, 1.54) is 18.4 Å². The Balaban J connectivity index is 1.69. The van der Waals surface area contributed by atoms with Gasteiger partial charge in [0.2, 0.25) is 0 Å². The quantitative estimate of drug-likeness (QED) is 0.715. The fraction of sp³-hybridized carbons (Fsp3) is 0.625. The fourth-order valence-corrected chi connectivity index (χ4v) is 3.95. The van der Waals surface area contributed by atoms with Crippen LogP contribution in [0.4, 0.5) is 8.78 Å². The van der Waals surface area contributed by atoms with E-state index < -0.39 is 11.3 Å². The van der Waals surface area contributed by atoms with Crippen LogP contribution in [0, 0.1) is 5.92 Å². The standard InChI is InChI=1S/C16H18F2/c17-16(18)9-1-2-14-10-15(14,16)13-7-5-12(6-8-13)11-3-4-11/h5-8,11,14H,1-4,9-10H2. The molecule has 0 radical (unpaired) electrons. The molecule has 0 nitrogen and oxygen atoms in total. The van der Waals surface area contributed by atoms with Gasteiger partial charge in [-0.2, -0.15) is 0 Å². The molecule has 3 aliphatic rings. The van der Waals surface area contributed by atoms with Crippen molar-refractivity contribution in [2.24, 2.45) is 5.92 Å². The highest BCUT2D eigenvalue weighted by Gasteiger charge is 2.70. The molecule has 3 saturated carbocycles. The van der Waals surface area contributed by atoms with Crippen molar-refractivity contribution < 1.29 is 8.78 Å². The predicted octanol–water partition coefficient (Wildman–Crippen LogP) is 4.64. The van der Waals surface area contributed by atoms with E-state index in [-0.39, 0.29) is 12.3 Å². The number of hydrogen-bond acceptors (Lipinski definition) is 0. The van der Waals surface area contributed by atoms with Gasteiger partial charge in [-0.15, -0.1) is 0 Å². The summed E-state index contributed by atoms with van der Waals surface area (Å²) in [7, 11) is 0. The third-order valence-electron chi connectivity index (χ3n) is 5.28. The molecule has 96 valence electrons. The van der Waals surface area contributed by atoms with Gasteiger partial charge in [-0.25, -0.2) is 8.78 Å². The van der Waals surface area contributed by atoms with Crippen molar-refractivity contribution in [3.8, 4) is 0 Å². The van der Waals surface area contributed by atoms with Crippen LogP contribution in [-0.4, -0.2) is 5.92 Å². The molecule has 18 heavy (non-hydrogen) atoms. The van der Waals surface area contributed by atoms with Crippen molar-refractivity contribution in [1.29, 1.82) is 0 Å². The highest BCUT2D eigenvalue weighted by molar-refractivity contribution is 5.41. The summed E-state index contributed by atoms with van der Waals surface area (Å²) in [6, 6.07) is 8.13. The normalized spacial score (nSPS) is 37.1. The third kappa shape index (κ3) is 1.35. The minimum Gasteiger partial charge on any atom is -0.206 e. The molecule has 0 spiro atoms. The van der Waals surface area contributed by atoms with Crippen LogP contribution in [-0.2, 0) is 5.41 Å². The number of hydrogen-bond donors (Lipinski definition) is 0. The van der Waals surface area contributed by atoms with E-state index in [1.54, 1.807) is 0 Å². The molecule has 0 bridgehead atoms. The number of rotatable bonds is 2. The van der Waals surface area contributed by atoms with Gasteiger partial charge in [-0.3, -0.25) is 0 Å². The second-order valence-electron chi connectivity index (χ2n) is 6.37. The summed E-state index contributed by atoms with van der Waals surface area (Å²) < 4.78 is 28.5. The SMILES string of the molecule is FC1(F)CCCC2CC21c1ccc(C2CC2)cc1. The zero-order chi connectivity index (χ0) is 12.4. The van der Waals surface area contributed by atoms with Gasteiger partial charge in [0.05, 0.1) is 5.41 Å². The second-order valence-corrected chi connectivity index (χ2v) is 6.37. The largest absolute Gasteiger partial charge is 0.257 e. The van der Waals surface area contributed by atoms with Gasteiger partial charge in [0.15, 0.2) is 0 Å². The molecule has 0 aromatic heterocycles. The molecular weight excluding hydrogens is 230 g/mol. The van der Waals surface area contributed by atoms with E-state index in [0.29, 0.717) is 18.8 Å². The van der Waals surface area contributed by atoms with E-state index in [4.69, 9.17) is 0 Å². The fourth-order valence-electron chi connectivity index (χ4n) is 3.95. The van der Waals surface area contributed by atoms with E-state index in [2.05, 4.69) is 12.1 Å². The average molecular weight is 248 g/mol. The van der Waals surface area contributed by atoms with Crippen LogP contribution in [0.25, 0.3) is 0 Å². The van der Waals surface area contributed by atoms with E-state index >= 15 is 0 Å². The van der Waals surface area contributed by atoms with Crippen LogP contribution >= 0.6 is 0 Å². The van der Waals surface area contributed by atoms with Crippen molar-refractivity contribution in [3.05, 3.63) is 35.4 Å². The first kappa shape index (κ1) is 11.0. The lowest BCUT2D eigenvalue weighted by molar-refractivity contribution is -0.0669. The van der Waals surface area contributed by atoms with E-state index in [1.807, 2.05) is 12.1 Å². The first-order valence-electron chi connectivity index (χ1n) is 7.12. The Morgan fingerprint density at radius 1 is 1.00 bits per heavy atom. The van der Waals surface area contributed by atoms with Gasteiger partial charge in [-0.05, 0) is 55.1 Å². The maximum absolute atomic E-state index is 14.3.